The summed E-state index contributed by atoms with van der Waals surface area (Å²) >= 11 is 0. The third kappa shape index (κ3) is 3.30. The highest BCUT2D eigenvalue weighted by molar-refractivity contribution is 5.77. The van der Waals surface area contributed by atoms with Crippen LogP contribution in [0.5, 0.6) is 0 Å². The lowest BCUT2D eigenvalue weighted by molar-refractivity contribution is -0.160. The highest BCUT2D eigenvalue weighted by Gasteiger charge is 2.62. The number of piperidine rings is 1. The number of fused-ring (bicyclic) bond motifs is 5. The largest absolute Gasteiger partial charge is 0.464 e. The molecule has 5 heteroatoms. The van der Waals surface area contributed by atoms with Crippen molar-refractivity contribution in [3.8, 4) is 0 Å². The molecule has 4 fully saturated rings. The second kappa shape index (κ2) is 7.79. The second-order valence-corrected chi connectivity index (χ2v) is 11.8. The molecule has 170 valence electrons. The van der Waals surface area contributed by atoms with Crippen molar-refractivity contribution in [2.45, 2.75) is 91.1 Å². The van der Waals surface area contributed by atoms with Crippen molar-refractivity contribution in [2.75, 3.05) is 13.7 Å². The van der Waals surface area contributed by atoms with Crippen LogP contribution in [0.4, 0.5) is 0 Å². The molecule has 3 saturated carbocycles. The summed E-state index contributed by atoms with van der Waals surface area (Å²) < 4.78 is 5.52. The first-order chi connectivity index (χ1) is 14.1. The molecule has 0 aromatic carbocycles. The molecule has 1 aliphatic heterocycles. The normalized spacial score (nSPS) is 44.3. The average Bonchev–Trinajstić information content (AvgIpc) is 3.06. The van der Waals surface area contributed by atoms with Gasteiger partial charge in [0, 0.05) is 19.5 Å². The van der Waals surface area contributed by atoms with Gasteiger partial charge in [0.05, 0.1) is 6.61 Å². The fourth-order valence-corrected chi connectivity index (χ4v) is 8.29. The maximum atomic E-state index is 12.7. The average molecular weight is 419 g/mol. The Kier molecular flexibility index (Phi) is 5.74. The number of amides is 1. The number of hydrogen-bond acceptors (Lipinski definition) is 4. The number of nitrogens with zero attached hydrogens (tertiary/aromatic N) is 1. The van der Waals surface area contributed by atoms with Gasteiger partial charge in [-0.1, -0.05) is 27.7 Å². The van der Waals surface area contributed by atoms with Crippen LogP contribution in [0.2, 0.25) is 0 Å². The standard InChI is InChI=1S/C25H42N2O3/c1-15(2)14-30-23(29)22(26)19-8-7-17-16-6-9-20-25(4,13-11-21(28)27(20)5)18(16)10-12-24(17,19)3/h15-20,22H,6-14,26H2,1-5H3/t16-,17-,18+,19?,20?,22?,24-,25+/m0/s1. The summed E-state index contributed by atoms with van der Waals surface area (Å²) in [5.41, 5.74) is 6.89. The van der Waals surface area contributed by atoms with Crippen molar-refractivity contribution < 1.29 is 14.3 Å². The molecule has 0 aromatic rings. The zero-order valence-corrected chi connectivity index (χ0v) is 19.7. The number of ether oxygens (including phenoxy) is 1. The molecule has 0 aromatic heterocycles. The molecule has 3 aliphatic carbocycles. The molecule has 30 heavy (non-hydrogen) atoms. The van der Waals surface area contributed by atoms with E-state index in [1.54, 1.807) is 0 Å². The summed E-state index contributed by atoms with van der Waals surface area (Å²) in [6.07, 6.45) is 8.65. The molecule has 8 atom stereocenters. The summed E-state index contributed by atoms with van der Waals surface area (Å²) in [4.78, 5) is 27.0. The van der Waals surface area contributed by atoms with Crippen molar-refractivity contribution in [3.05, 3.63) is 0 Å². The van der Waals surface area contributed by atoms with Gasteiger partial charge in [-0.2, -0.15) is 0 Å². The van der Waals surface area contributed by atoms with Crippen LogP contribution in [0.25, 0.3) is 0 Å². The van der Waals surface area contributed by atoms with Gasteiger partial charge in [0.15, 0.2) is 0 Å². The third-order valence-electron chi connectivity index (χ3n) is 9.90. The lowest BCUT2D eigenvalue weighted by Crippen LogP contribution is -2.61. The van der Waals surface area contributed by atoms with E-state index in [9.17, 15) is 9.59 Å². The molecule has 1 amide bonds. The monoisotopic (exact) mass is 418 g/mol. The zero-order chi connectivity index (χ0) is 21.8. The molecule has 0 radical (unpaired) electrons. The number of esters is 1. The molecular formula is C25H42N2O3. The van der Waals surface area contributed by atoms with Gasteiger partial charge >= 0.3 is 5.97 Å². The van der Waals surface area contributed by atoms with E-state index in [4.69, 9.17) is 10.5 Å². The molecule has 1 heterocycles. The highest BCUT2D eigenvalue weighted by Crippen LogP contribution is 2.66. The van der Waals surface area contributed by atoms with Gasteiger partial charge < -0.3 is 15.4 Å². The van der Waals surface area contributed by atoms with Crippen LogP contribution in [0.3, 0.4) is 0 Å². The summed E-state index contributed by atoms with van der Waals surface area (Å²) in [5.74, 6) is 2.71. The van der Waals surface area contributed by atoms with Gasteiger partial charge in [0.2, 0.25) is 5.91 Å². The minimum atomic E-state index is -0.499. The number of carbonyl (C=O) groups is 2. The Labute approximate surface area is 182 Å². The Balaban J connectivity index is 1.51. The number of hydrogen-bond donors (Lipinski definition) is 1. The van der Waals surface area contributed by atoms with E-state index in [1.807, 2.05) is 7.05 Å². The summed E-state index contributed by atoms with van der Waals surface area (Å²) in [6, 6.07) is -0.101. The lowest BCUT2D eigenvalue weighted by Gasteiger charge is -2.62. The summed E-state index contributed by atoms with van der Waals surface area (Å²) in [7, 11) is 2.02. The smallest absolute Gasteiger partial charge is 0.323 e. The molecule has 0 bridgehead atoms. The first-order valence-electron chi connectivity index (χ1n) is 12.3. The molecule has 5 nitrogen and oxygen atoms in total. The van der Waals surface area contributed by atoms with Crippen molar-refractivity contribution in [2.24, 2.45) is 46.2 Å². The van der Waals surface area contributed by atoms with Crippen LogP contribution in [-0.2, 0) is 14.3 Å². The predicted molar refractivity (Wildman–Crippen MR) is 117 cm³/mol. The second-order valence-electron chi connectivity index (χ2n) is 11.8. The molecule has 4 aliphatic rings. The van der Waals surface area contributed by atoms with Crippen LogP contribution in [0.15, 0.2) is 0 Å². The van der Waals surface area contributed by atoms with E-state index in [0.717, 1.165) is 25.7 Å². The number of nitrogens with two attached hydrogens (primary N) is 1. The molecular weight excluding hydrogens is 376 g/mol. The maximum absolute atomic E-state index is 12.7. The van der Waals surface area contributed by atoms with Crippen molar-refractivity contribution in [1.29, 1.82) is 0 Å². The van der Waals surface area contributed by atoms with E-state index in [1.165, 1.54) is 19.3 Å². The van der Waals surface area contributed by atoms with E-state index < -0.39 is 6.04 Å². The SMILES string of the molecule is CC(C)COC(=O)C(N)C1CC[C@H]2[C@@H]3CCC4N(C)C(=O)CC[C@]4(C)[C@@H]3CC[C@]12C. The maximum Gasteiger partial charge on any atom is 0.323 e. The Bertz CT molecular complexity index is 694. The third-order valence-corrected chi connectivity index (χ3v) is 9.90. The molecule has 3 unspecified atom stereocenters. The van der Waals surface area contributed by atoms with Gasteiger partial charge in [0.25, 0.3) is 0 Å². The summed E-state index contributed by atoms with van der Waals surface area (Å²) in [5, 5.41) is 0. The van der Waals surface area contributed by atoms with Gasteiger partial charge in [-0.15, -0.1) is 0 Å². The highest BCUT2D eigenvalue weighted by atomic mass is 16.5. The first-order valence-corrected chi connectivity index (χ1v) is 12.3. The lowest BCUT2D eigenvalue weighted by atomic mass is 9.46. The zero-order valence-electron chi connectivity index (χ0n) is 19.7. The summed E-state index contributed by atoms with van der Waals surface area (Å²) in [6.45, 7) is 9.43. The topological polar surface area (TPSA) is 72.6 Å². The van der Waals surface area contributed by atoms with Crippen LogP contribution >= 0.6 is 0 Å². The van der Waals surface area contributed by atoms with Crippen LogP contribution < -0.4 is 5.73 Å². The molecule has 1 saturated heterocycles. The van der Waals surface area contributed by atoms with E-state index in [-0.39, 0.29) is 22.7 Å². The van der Waals surface area contributed by atoms with Crippen LogP contribution in [-0.4, -0.2) is 42.5 Å². The predicted octanol–water partition coefficient (Wildman–Crippen LogP) is 3.99. The van der Waals surface area contributed by atoms with Gasteiger partial charge in [-0.3, -0.25) is 9.59 Å². The fraction of sp³-hybridized carbons (Fsp3) is 0.920. The van der Waals surface area contributed by atoms with E-state index >= 15 is 0 Å². The Morgan fingerprint density at radius 2 is 1.80 bits per heavy atom. The molecule has 0 spiro atoms. The van der Waals surface area contributed by atoms with Gasteiger partial charge in [-0.25, -0.2) is 0 Å². The van der Waals surface area contributed by atoms with Crippen molar-refractivity contribution >= 4 is 11.9 Å². The first kappa shape index (κ1) is 22.1. The number of rotatable bonds is 4. The molecule has 4 rings (SSSR count). The van der Waals surface area contributed by atoms with Crippen molar-refractivity contribution in [1.82, 2.24) is 4.90 Å². The number of carbonyl (C=O) groups excluding carboxylic acids is 2. The van der Waals surface area contributed by atoms with Crippen LogP contribution in [0, 0.1) is 40.4 Å². The van der Waals surface area contributed by atoms with Crippen LogP contribution in [0.1, 0.15) is 79.1 Å². The fourth-order valence-electron chi connectivity index (χ4n) is 8.29. The van der Waals surface area contributed by atoms with Gasteiger partial charge in [0.1, 0.15) is 6.04 Å². The van der Waals surface area contributed by atoms with E-state index in [0.29, 0.717) is 48.6 Å². The Morgan fingerprint density at radius 1 is 1.10 bits per heavy atom. The molecule has 2 N–H and O–H groups in total. The quantitative estimate of drug-likeness (QED) is 0.701. The van der Waals surface area contributed by atoms with Crippen molar-refractivity contribution in [3.63, 3.8) is 0 Å². The van der Waals surface area contributed by atoms with Gasteiger partial charge in [-0.05, 0) is 85.4 Å². The minimum Gasteiger partial charge on any atom is -0.464 e. The number of likely N-dealkylation sites (tertiary alicyclic amines) is 1. The Hall–Kier alpha value is -1.10. The Morgan fingerprint density at radius 3 is 2.50 bits per heavy atom. The minimum absolute atomic E-state index is 0.136. The van der Waals surface area contributed by atoms with E-state index in [2.05, 4.69) is 32.6 Å².